The number of likely N-dealkylation sites (N-methyl/N-ethyl adjacent to an activating group) is 4. The summed E-state index contributed by atoms with van der Waals surface area (Å²) in [5.41, 5.74) is 20.1. The number of imidazole rings is 1. The molecule has 8 rings (SSSR count). The number of primary amides is 1. The highest BCUT2D eigenvalue weighted by Crippen LogP contribution is 2.27. The molecule has 0 bridgehead atoms. The van der Waals surface area contributed by atoms with Crippen LogP contribution in [-0.2, 0) is 102 Å². The predicted molar refractivity (Wildman–Crippen MR) is 497 cm³/mol. The van der Waals surface area contributed by atoms with Gasteiger partial charge < -0.3 is 130 Å². The van der Waals surface area contributed by atoms with Gasteiger partial charge in [-0.15, -0.1) is 11.8 Å². The smallest absolute Gasteiger partial charge is 0.246 e. The summed E-state index contributed by atoms with van der Waals surface area (Å²) >= 11 is 0.812. The van der Waals surface area contributed by atoms with Crippen LogP contribution in [0.25, 0.3) is 21.8 Å². The third-order valence-electron chi connectivity index (χ3n) is 23.7. The molecule has 2 aliphatic heterocycles. The van der Waals surface area contributed by atoms with Crippen molar-refractivity contribution in [2.75, 3.05) is 72.5 Å². The number of hydrogen-bond donors (Lipinski definition) is 21. The average molecular weight is 1880 g/mol. The van der Waals surface area contributed by atoms with Gasteiger partial charge in [0.2, 0.25) is 94.5 Å². The van der Waals surface area contributed by atoms with Crippen LogP contribution in [0.5, 0.6) is 0 Å². The molecule has 0 spiro atoms. The Labute approximate surface area is 780 Å². The number of nitrogens with zero attached hydrogens (tertiary/aromatic N) is 6. The molecule has 1 unspecified atom stereocenters. The van der Waals surface area contributed by atoms with Crippen LogP contribution in [0.4, 0.5) is 0 Å². The maximum Gasteiger partial charge on any atom is 0.246 e. The highest BCUT2D eigenvalue weighted by atomic mass is 32.2. The molecule has 2 fully saturated rings. The molecule has 43 nitrogen and oxygen atoms in total. The molecule has 0 saturated carbocycles. The molecule has 3 aromatic carbocycles. The topological polar surface area (TPSA) is 645 Å². The van der Waals surface area contributed by atoms with Gasteiger partial charge in [-0.3, -0.25) is 82.1 Å². The van der Waals surface area contributed by atoms with Crippen LogP contribution in [0, 0.1) is 11.3 Å². The van der Waals surface area contributed by atoms with Gasteiger partial charge in [0.05, 0.1) is 38.3 Å². The van der Waals surface area contributed by atoms with Crippen LogP contribution >= 0.6 is 11.8 Å². The summed E-state index contributed by atoms with van der Waals surface area (Å²) in [6.45, 7) is 5.64. The number of aromatic nitrogens is 4. The minimum Gasteiger partial charge on any atom is -0.394 e. The van der Waals surface area contributed by atoms with Gasteiger partial charge in [0.15, 0.2) is 5.96 Å². The Morgan fingerprint density at radius 2 is 1.05 bits per heavy atom. The summed E-state index contributed by atoms with van der Waals surface area (Å²) in [6.07, 6.45) is 4.02. The second kappa shape index (κ2) is 51.8. The average Bonchev–Trinajstić information content (AvgIpc) is 1.66. The molecule has 2 saturated heterocycles. The minimum absolute atomic E-state index is 0.00368. The van der Waals surface area contributed by atoms with Crippen molar-refractivity contribution in [2.24, 2.45) is 23.1 Å². The molecule has 24 N–H and O–H groups in total. The van der Waals surface area contributed by atoms with Crippen molar-refractivity contribution in [3.63, 3.8) is 0 Å². The number of hydrogen-bond acceptors (Lipinski definition) is 23. The zero-order chi connectivity index (χ0) is 98.2. The molecule has 134 heavy (non-hydrogen) atoms. The normalized spacial score (nSPS) is 24.2. The number of unbranched alkanes of at least 4 members (excludes halogenated alkanes) is 2. The number of amides is 16. The number of aromatic amines is 3. The van der Waals surface area contributed by atoms with E-state index in [0.717, 1.165) is 36.3 Å². The van der Waals surface area contributed by atoms with Crippen LogP contribution in [0.2, 0.25) is 0 Å². The quantitative estimate of drug-likeness (QED) is 0.0106. The highest BCUT2D eigenvalue weighted by molar-refractivity contribution is 8.00. The van der Waals surface area contributed by atoms with E-state index in [4.69, 9.17) is 22.6 Å². The largest absolute Gasteiger partial charge is 0.394 e. The monoisotopic (exact) mass is 1880 g/mol. The fourth-order valence-electron chi connectivity index (χ4n) is 16.1. The van der Waals surface area contributed by atoms with Gasteiger partial charge in [-0.2, -0.15) is 0 Å². The molecular formula is C90H130N24O19S. The van der Waals surface area contributed by atoms with E-state index in [1.54, 1.807) is 105 Å². The molecule has 44 heteroatoms. The summed E-state index contributed by atoms with van der Waals surface area (Å²) in [4.78, 5) is 256. The molecular weight excluding hydrogens is 1750 g/mol. The van der Waals surface area contributed by atoms with E-state index < -0.39 is 229 Å². The van der Waals surface area contributed by atoms with Gasteiger partial charge in [0, 0.05) is 119 Å². The van der Waals surface area contributed by atoms with Gasteiger partial charge in [0.25, 0.3) is 0 Å². The lowest BCUT2D eigenvalue weighted by atomic mass is 10.00. The van der Waals surface area contributed by atoms with Crippen molar-refractivity contribution in [2.45, 2.75) is 228 Å². The predicted octanol–water partition coefficient (Wildman–Crippen LogP) is -2.99. The number of aliphatic hydroxyl groups is 3. The number of H-pyrrole nitrogens is 3. The van der Waals surface area contributed by atoms with E-state index in [1.165, 1.54) is 47.6 Å². The van der Waals surface area contributed by atoms with Crippen LogP contribution in [0.1, 0.15) is 134 Å². The Kier molecular flexibility index (Phi) is 41.1. The van der Waals surface area contributed by atoms with Gasteiger partial charge in [-0.1, -0.05) is 120 Å². The molecule has 3 aromatic heterocycles. The number of para-hydroxylation sites is 2. The molecule has 15 atom stereocenters. The summed E-state index contributed by atoms with van der Waals surface area (Å²) in [6, 6.07) is 0.526. The van der Waals surface area contributed by atoms with E-state index in [1.807, 2.05) is 13.8 Å². The summed E-state index contributed by atoms with van der Waals surface area (Å²) in [5, 5.41) is 70.7. The minimum atomic E-state index is -1.90. The number of nitrogens with one attached hydrogen (secondary N) is 15. The zero-order valence-electron chi connectivity index (χ0n) is 77.0. The first-order valence-electron chi connectivity index (χ1n) is 45.0. The van der Waals surface area contributed by atoms with E-state index in [2.05, 4.69) is 78.4 Å². The van der Waals surface area contributed by atoms with Gasteiger partial charge >= 0.3 is 0 Å². The lowest BCUT2D eigenvalue weighted by molar-refractivity contribution is -0.149. The number of aliphatic hydroxyl groups excluding tert-OH is 3. The van der Waals surface area contributed by atoms with Crippen molar-refractivity contribution in [1.29, 1.82) is 5.41 Å². The fraction of sp³-hybridized carbons (Fsp3) is 0.533. The Balaban J connectivity index is 1.20. The van der Waals surface area contributed by atoms with Gasteiger partial charge in [0.1, 0.15) is 90.8 Å². The molecule has 5 heterocycles. The zero-order valence-corrected chi connectivity index (χ0v) is 77.8. The Bertz CT molecular complexity index is 5050. The SMILES string of the molecule is CCCC[C@H]1C(=O)N(C)[C@@H](CCCC)C(=O)N[C@@H](CCCNC(=N)N)C(=O)N[C@H](C(=O)NCC(N)O)CSCC(=O)N[C@@H](Cc2ccccc2)C(=O)N(C)[C@@H](C)C(=O)N[C@@H](CC(N)=O)C(=O)N2CCC[C@H]2C(=O)N[C@@H](Cc2cnc[nH]2)C(=O)N[C@@H](CC(C)C)C(=O)N(C)[C@@H](CO)C(=O)N[C@@H](Cc2c[nH]c3ccccc23)C(=O)N[C@@H](CO)C(=O)N[C@@H](Cc2c[nH]c3ccccc23)C(=O)N1C. The van der Waals surface area contributed by atoms with Gasteiger partial charge in [-0.05, 0) is 86.6 Å². The highest BCUT2D eigenvalue weighted by Gasteiger charge is 2.45. The lowest BCUT2D eigenvalue weighted by Gasteiger charge is -2.36. The second-order valence-corrected chi connectivity index (χ2v) is 35.2. The van der Waals surface area contributed by atoms with Crippen molar-refractivity contribution < 1.29 is 92.0 Å². The fourth-order valence-corrected chi connectivity index (χ4v) is 16.9. The summed E-state index contributed by atoms with van der Waals surface area (Å²) in [5.74, 6) is -16.7. The summed E-state index contributed by atoms with van der Waals surface area (Å²) < 4.78 is 0. The first kappa shape index (κ1) is 106. The number of carbonyl (C=O) groups excluding carboxylic acids is 16. The van der Waals surface area contributed by atoms with Crippen LogP contribution in [0.15, 0.2) is 104 Å². The number of carbonyl (C=O) groups is 16. The number of benzene rings is 3. The maximum absolute atomic E-state index is 15.7. The lowest BCUT2D eigenvalue weighted by Crippen LogP contribution is -2.62. The maximum atomic E-state index is 15.7. The summed E-state index contributed by atoms with van der Waals surface area (Å²) in [7, 11) is 5.13. The number of guanidine groups is 1. The Morgan fingerprint density at radius 3 is 1.64 bits per heavy atom. The standard InChI is InChI=1S/C90H130N24O19S/c1-10-12-30-69-82(126)102-60(29-21-33-96-90(93)94)78(122)109-68(77(121)99-44-74(92)118)47-134-48-75(119)101-64(36-52-23-15-14-16-24-52)85(129)110(6)51(5)76(120)105-66(40-73(91)117)88(132)114-34-22-32-70(114)83(127)104-62(39-55-43-95-49-100-55)80(124)106-63(35-50(3)4)86(130)113(9)72(46-116)84(128)103-61(37-53-41-97-58-27-19-17-25-56(53)58)79(123)108-67(45-115)81(125)107-65(38-54-42-98-59-28-20-18-26-57(54)59)87(131)112(8)71(31-13-11-2)89(133)111(69)7/h14-20,23-28,41-43,49-51,60-72,74,97-98,115-116,118H,10-13,21-22,29-40,44-48,92H2,1-9H3,(H2,91,117)(H,95,100)(H,99,121)(H,101,119)(H,102,126)(H,103,128)(H,104,127)(H,105,120)(H,106,124)(H,107,125)(H,108,123)(H,109,122)(H4,93,94,96)/t51-,60-,61-,62-,63-,64-,65-,66-,67-,68-,69-,70-,71-,72-,74?/m0/s1. The van der Waals surface area contributed by atoms with E-state index in [-0.39, 0.29) is 89.6 Å². The first-order valence-corrected chi connectivity index (χ1v) is 46.1. The Hall–Kier alpha value is -13.1. The molecule has 2 aliphatic rings. The Morgan fingerprint density at radius 1 is 0.537 bits per heavy atom. The number of fused-ring (bicyclic) bond motifs is 3. The first-order chi connectivity index (χ1) is 63.9. The van der Waals surface area contributed by atoms with Crippen molar-refractivity contribution >= 4 is 134 Å². The molecule has 16 amide bonds. The van der Waals surface area contributed by atoms with Crippen molar-refractivity contribution in [3.05, 3.63) is 126 Å². The third-order valence-corrected chi connectivity index (χ3v) is 24.7. The third kappa shape index (κ3) is 30.2. The van der Waals surface area contributed by atoms with Gasteiger partial charge in [-0.25, -0.2) is 4.98 Å². The molecule has 730 valence electrons. The van der Waals surface area contributed by atoms with Crippen molar-refractivity contribution in [1.82, 2.24) is 103 Å². The molecule has 6 aromatic rings. The van der Waals surface area contributed by atoms with Crippen LogP contribution < -0.4 is 75.7 Å². The molecule has 0 radical (unpaired) electrons. The van der Waals surface area contributed by atoms with Crippen LogP contribution in [-0.4, -0.2) is 324 Å². The molecule has 0 aliphatic carbocycles. The number of rotatable bonds is 27. The van der Waals surface area contributed by atoms with E-state index in [0.29, 0.717) is 69.9 Å². The number of thioether (sulfide) groups is 1. The van der Waals surface area contributed by atoms with E-state index >= 15 is 38.4 Å². The number of nitrogens with two attached hydrogens (primary N) is 3. The van der Waals surface area contributed by atoms with Crippen LogP contribution in [0.3, 0.4) is 0 Å². The van der Waals surface area contributed by atoms with Crippen molar-refractivity contribution in [3.8, 4) is 0 Å². The van der Waals surface area contributed by atoms with E-state index in [9.17, 15) is 53.7 Å². The second-order valence-electron chi connectivity index (χ2n) is 34.2.